The molecule has 3 heteroatoms. The summed E-state index contributed by atoms with van der Waals surface area (Å²) in [5.74, 6) is 0. The van der Waals surface area contributed by atoms with Crippen LogP contribution in [0.15, 0.2) is 53.5 Å². The number of hydrogen-bond acceptors (Lipinski definition) is 2. The minimum Gasteiger partial charge on any atom is -0.268 e. The van der Waals surface area contributed by atoms with Gasteiger partial charge in [0, 0.05) is 12.3 Å². The smallest absolute Gasteiger partial charge is 0.267 e. The normalized spacial score (nSPS) is 10.0. The Hall–Kier alpha value is -1.90. The first-order valence-electron chi connectivity index (χ1n) is 4.42. The fraction of sp³-hybridized carbons (Fsp3) is 0.0909. The lowest BCUT2D eigenvalue weighted by Crippen LogP contribution is -2.21. The molecular weight excluding hydrogens is 176 g/mol. The molecule has 0 radical (unpaired) electrons. The van der Waals surface area contributed by atoms with Gasteiger partial charge in [-0.25, -0.2) is 4.68 Å². The highest BCUT2D eigenvalue weighted by Gasteiger charge is 1.96. The minimum absolute atomic E-state index is 0.0728. The molecule has 0 atom stereocenters. The van der Waals surface area contributed by atoms with Crippen LogP contribution in [0, 0.1) is 0 Å². The third kappa shape index (κ3) is 1.88. The van der Waals surface area contributed by atoms with Crippen molar-refractivity contribution in [2.45, 2.75) is 6.54 Å². The first-order chi connectivity index (χ1) is 6.86. The molecule has 0 N–H and O–H groups in total. The van der Waals surface area contributed by atoms with Gasteiger partial charge in [-0.05, 0) is 11.6 Å². The van der Waals surface area contributed by atoms with Gasteiger partial charge in [0.15, 0.2) is 0 Å². The third-order valence-corrected chi connectivity index (χ3v) is 1.96. The van der Waals surface area contributed by atoms with Gasteiger partial charge in [-0.2, -0.15) is 5.10 Å². The summed E-state index contributed by atoms with van der Waals surface area (Å²) >= 11 is 0. The van der Waals surface area contributed by atoms with Gasteiger partial charge in [0.25, 0.3) is 5.56 Å². The van der Waals surface area contributed by atoms with Crippen LogP contribution < -0.4 is 5.56 Å². The molecule has 1 heterocycles. The maximum atomic E-state index is 11.3. The molecule has 70 valence electrons. The molecule has 0 spiro atoms. The fourth-order valence-corrected chi connectivity index (χ4v) is 1.26. The van der Waals surface area contributed by atoms with E-state index >= 15 is 0 Å². The molecule has 1 aromatic heterocycles. The zero-order valence-corrected chi connectivity index (χ0v) is 7.63. The standard InChI is InChI=1S/C11H10N2O/c14-11-7-4-8-12-13(11)9-10-5-2-1-3-6-10/h1-8H,9H2. The Morgan fingerprint density at radius 3 is 2.57 bits per heavy atom. The molecule has 2 aromatic rings. The van der Waals surface area contributed by atoms with Crippen molar-refractivity contribution in [1.29, 1.82) is 0 Å². The average Bonchev–Trinajstić information content (AvgIpc) is 2.23. The molecule has 0 amide bonds. The zero-order chi connectivity index (χ0) is 9.80. The quantitative estimate of drug-likeness (QED) is 0.708. The second-order valence-electron chi connectivity index (χ2n) is 3.01. The highest BCUT2D eigenvalue weighted by atomic mass is 16.1. The Morgan fingerprint density at radius 1 is 1.07 bits per heavy atom. The zero-order valence-electron chi connectivity index (χ0n) is 7.63. The van der Waals surface area contributed by atoms with Crippen LogP contribution in [0.2, 0.25) is 0 Å². The first-order valence-corrected chi connectivity index (χ1v) is 4.42. The lowest BCUT2D eigenvalue weighted by molar-refractivity contribution is 0.639. The lowest BCUT2D eigenvalue weighted by atomic mass is 10.2. The van der Waals surface area contributed by atoms with Crippen molar-refractivity contribution in [3.8, 4) is 0 Å². The molecule has 14 heavy (non-hydrogen) atoms. The molecule has 0 aliphatic rings. The average molecular weight is 186 g/mol. The van der Waals surface area contributed by atoms with Gasteiger partial charge in [-0.1, -0.05) is 30.3 Å². The van der Waals surface area contributed by atoms with Crippen molar-refractivity contribution in [1.82, 2.24) is 9.78 Å². The van der Waals surface area contributed by atoms with Gasteiger partial charge in [0.1, 0.15) is 0 Å². The van der Waals surface area contributed by atoms with Gasteiger partial charge in [0.05, 0.1) is 6.54 Å². The van der Waals surface area contributed by atoms with E-state index in [1.165, 1.54) is 10.7 Å². The van der Waals surface area contributed by atoms with Crippen molar-refractivity contribution in [3.63, 3.8) is 0 Å². The van der Waals surface area contributed by atoms with Gasteiger partial charge in [-0.15, -0.1) is 0 Å². The highest BCUT2D eigenvalue weighted by molar-refractivity contribution is 5.14. The van der Waals surface area contributed by atoms with Gasteiger partial charge in [0.2, 0.25) is 0 Å². The van der Waals surface area contributed by atoms with Crippen molar-refractivity contribution < 1.29 is 0 Å². The molecule has 0 saturated carbocycles. The van der Waals surface area contributed by atoms with Crippen LogP contribution in [0.1, 0.15) is 5.56 Å². The van der Waals surface area contributed by atoms with Crippen LogP contribution in [-0.2, 0) is 6.54 Å². The second kappa shape index (κ2) is 3.87. The maximum Gasteiger partial charge on any atom is 0.267 e. The minimum atomic E-state index is -0.0728. The summed E-state index contributed by atoms with van der Waals surface area (Å²) in [7, 11) is 0. The summed E-state index contributed by atoms with van der Waals surface area (Å²) in [6.45, 7) is 0.528. The Balaban J connectivity index is 2.28. The summed E-state index contributed by atoms with van der Waals surface area (Å²) in [5.41, 5.74) is 1.00. The van der Waals surface area contributed by atoms with E-state index in [9.17, 15) is 4.79 Å². The summed E-state index contributed by atoms with van der Waals surface area (Å²) in [6.07, 6.45) is 1.62. The molecule has 0 saturated heterocycles. The lowest BCUT2D eigenvalue weighted by Gasteiger charge is -2.02. The van der Waals surface area contributed by atoms with Gasteiger partial charge in [-0.3, -0.25) is 4.79 Å². The largest absolute Gasteiger partial charge is 0.268 e. The molecule has 2 rings (SSSR count). The number of nitrogens with zero attached hydrogens (tertiary/aromatic N) is 2. The second-order valence-corrected chi connectivity index (χ2v) is 3.01. The summed E-state index contributed by atoms with van der Waals surface area (Å²) < 4.78 is 1.44. The Morgan fingerprint density at radius 2 is 1.86 bits per heavy atom. The SMILES string of the molecule is O=c1cccnn1Cc1ccccc1. The molecule has 0 fully saturated rings. The summed E-state index contributed by atoms with van der Waals surface area (Å²) in [5, 5.41) is 3.98. The first kappa shape index (κ1) is 8.69. The highest BCUT2D eigenvalue weighted by Crippen LogP contribution is 1.98. The monoisotopic (exact) mass is 186 g/mol. The third-order valence-electron chi connectivity index (χ3n) is 1.96. The van der Waals surface area contributed by atoms with Gasteiger partial charge >= 0.3 is 0 Å². The number of benzene rings is 1. The van der Waals surface area contributed by atoms with E-state index in [4.69, 9.17) is 0 Å². The van der Waals surface area contributed by atoms with E-state index in [-0.39, 0.29) is 5.56 Å². The number of aromatic nitrogens is 2. The van der Waals surface area contributed by atoms with Crippen molar-refractivity contribution in [3.05, 3.63) is 64.6 Å². The van der Waals surface area contributed by atoms with Crippen LogP contribution in [0.25, 0.3) is 0 Å². The molecule has 3 nitrogen and oxygen atoms in total. The molecule has 0 bridgehead atoms. The van der Waals surface area contributed by atoms with E-state index in [1.807, 2.05) is 30.3 Å². The van der Waals surface area contributed by atoms with Gasteiger partial charge < -0.3 is 0 Å². The molecular formula is C11H10N2O. The van der Waals surface area contributed by atoms with E-state index in [2.05, 4.69) is 5.10 Å². The van der Waals surface area contributed by atoms with Crippen molar-refractivity contribution in [2.75, 3.05) is 0 Å². The number of rotatable bonds is 2. The molecule has 0 aliphatic heterocycles. The van der Waals surface area contributed by atoms with E-state index in [0.717, 1.165) is 5.56 Å². The Bertz CT molecular complexity index is 462. The molecule has 0 unspecified atom stereocenters. The van der Waals surface area contributed by atoms with Crippen LogP contribution in [0.4, 0.5) is 0 Å². The topological polar surface area (TPSA) is 34.9 Å². The van der Waals surface area contributed by atoms with Crippen LogP contribution in [0.3, 0.4) is 0 Å². The van der Waals surface area contributed by atoms with Crippen LogP contribution >= 0.6 is 0 Å². The number of hydrogen-bond donors (Lipinski definition) is 0. The predicted octanol–water partition coefficient (Wildman–Crippen LogP) is 1.29. The predicted molar refractivity (Wildman–Crippen MR) is 54.0 cm³/mol. The maximum absolute atomic E-state index is 11.3. The molecule has 0 aliphatic carbocycles. The van der Waals surface area contributed by atoms with E-state index in [1.54, 1.807) is 12.3 Å². The van der Waals surface area contributed by atoms with Crippen molar-refractivity contribution in [2.24, 2.45) is 0 Å². The fourth-order valence-electron chi connectivity index (χ4n) is 1.26. The Kier molecular flexibility index (Phi) is 2.40. The van der Waals surface area contributed by atoms with Crippen LogP contribution in [-0.4, -0.2) is 9.78 Å². The van der Waals surface area contributed by atoms with E-state index < -0.39 is 0 Å². The van der Waals surface area contributed by atoms with E-state index in [0.29, 0.717) is 6.54 Å². The summed E-state index contributed by atoms with van der Waals surface area (Å²) in [6, 6.07) is 12.9. The van der Waals surface area contributed by atoms with Crippen LogP contribution in [0.5, 0.6) is 0 Å². The molecule has 1 aromatic carbocycles. The summed E-state index contributed by atoms with van der Waals surface area (Å²) in [4.78, 5) is 11.3. The van der Waals surface area contributed by atoms with Crippen molar-refractivity contribution >= 4 is 0 Å². The Labute approximate surface area is 81.6 Å².